The second kappa shape index (κ2) is 8.67. The van der Waals surface area contributed by atoms with Crippen LogP contribution in [0, 0.1) is 12.8 Å². The van der Waals surface area contributed by atoms with Gasteiger partial charge in [0.15, 0.2) is 6.10 Å². The number of benzene rings is 1. The molecular weight excluding hydrogens is 302 g/mol. The van der Waals surface area contributed by atoms with Crippen LogP contribution >= 0.6 is 0 Å². The molecule has 1 N–H and O–H groups in total. The Labute approximate surface area is 144 Å². The molecule has 0 heterocycles. The van der Waals surface area contributed by atoms with Crippen molar-refractivity contribution in [3.8, 4) is 0 Å². The fraction of sp³-hybridized carbons (Fsp3) is 0.500. The zero-order valence-corrected chi connectivity index (χ0v) is 14.7. The summed E-state index contributed by atoms with van der Waals surface area (Å²) in [5, 5.41) is 3.01. The van der Waals surface area contributed by atoms with Gasteiger partial charge in [-0.25, -0.2) is 4.79 Å². The Balaban J connectivity index is 1.83. The Morgan fingerprint density at radius 3 is 2.75 bits per heavy atom. The molecule has 0 bridgehead atoms. The predicted molar refractivity (Wildman–Crippen MR) is 95.3 cm³/mol. The fourth-order valence-corrected chi connectivity index (χ4v) is 3.04. The monoisotopic (exact) mass is 329 g/mol. The van der Waals surface area contributed by atoms with E-state index in [1.807, 2.05) is 31.2 Å². The summed E-state index contributed by atoms with van der Waals surface area (Å²) in [5.74, 6) is -0.242. The topological polar surface area (TPSA) is 55.4 Å². The minimum absolute atomic E-state index is 0.190. The quantitative estimate of drug-likeness (QED) is 0.663. The zero-order chi connectivity index (χ0) is 17.5. The number of hydrogen-bond acceptors (Lipinski definition) is 3. The van der Waals surface area contributed by atoms with Crippen molar-refractivity contribution in [1.29, 1.82) is 0 Å². The van der Waals surface area contributed by atoms with Crippen molar-refractivity contribution in [2.24, 2.45) is 5.92 Å². The number of hydrogen-bond donors (Lipinski definition) is 1. The predicted octanol–water partition coefficient (Wildman–Crippen LogP) is 3.63. The third-order valence-electron chi connectivity index (χ3n) is 4.56. The molecular formula is C20H27NO3. The lowest BCUT2D eigenvalue weighted by Gasteiger charge is -2.30. The molecule has 4 nitrogen and oxygen atoms in total. The van der Waals surface area contributed by atoms with Gasteiger partial charge in [-0.15, -0.1) is 0 Å². The van der Waals surface area contributed by atoms with Crippen LogP contribution in [0.3, 0.4) is 0 Å². The largest absolute Gasteiger partial charge is 0.449 e. The van der Waals surface area contributed by atoms with Crippen LogP contribution in [-0.4, -0.2) is 24.0 Å². The summed E-state index contributed by atoms with van der Waals surface area (Å²) in [6, 6.07) is 8.01. The Kier molecular flexibility index (Phi) is 6.59. The van der Waals surface area contributed by atoms with Crippen LogP contribution in [0.1, 0.15) is 50.7 Å². The molecule has 0 unspecified atom stereocenters. The molecule has 4 heteroatoms. The van der Waals surface area contributed by atoms with Crippen molar-refractivity contribution in [2.75, 3.05) is 0 Å². The third kappa shape index (κ3) is 5.52. The van der Waals surface area contributed by atoms with Crippen LogP contribution in [0.25, 0.3) is 6.08 Å². The van der Waals surface area contributed by atoms with Crippen LogP contribution in [0.4, 0.5) is 0 Å². The molecule has 0 radical (unpaired) electrons. The molecule has 0 aromatic heterocycles. The van der Waals surface area contributed by atoms with E-state index in [0.717, 1.165) is 30.4 Å². The van der Waals surface area contributed by atoms with Crippen LogP contribution in [0.2, 0.25) is 0 Å². The maximum Gasteiger partial charge on any atom is 0.331 e. The number of aryl methyl sites for hydroxylation is 1. The van der Waals surface area contributed by atoms with E-state index in [9.17, 15) is 9.59 Å². The number of esters is 1. The molecule has 3 atom stereocenters. The minimum Gasteiger partial charge on any atom is -0.449 e. The van der Waals surface area contributed by atoms with Gasteiger partial charge in [0.2, 0.25) is 0 Å². The summed E-state index contributed by atoms with van der Waals surface area (Å²) in [7, 11) is 0. The number of rotatable bonds is 5. The van der Waals surface area contributed by atoms with Gasteiger partial charge >= 0.3 is 5.97 Å². The molecule has 0 spiro atoms. The number of amides is 1. The zero-order valence-electron chi connectivity index (χ0n) is 14.7. The highest BCUT2D eigenvalue weighted by Crippen LogP contribution is 2.23. The van der Waals surface area contributed by atoms with Gasteiger partial charge in [-0.2, -0.15) is 0 Å². The lowest BCUT2D eigenvalue weighted by atomic mass is 9.86. The van der Waals surface area contributed by atoms with Crippen molar-refractivity contribution in [3.63, 3.8) is 0 Å². The highest BCUT2D eigenvalue weighted by atomic mass is 16.5. The van der Waals surface area contributed by atoms with E-state index in [1.54, 1.807) is 13.0 Å². The number of nitrogens with one attached hydrogen (secondary N) is 1. The SMILES string of the molecule is Cc1cccc(/C=C/C(=O)O[C@H](C)C(=O)N[C@H]2CCCC[C@@H]2C)c1. The first-order valence-electron chi connectivity index (χ1n) is 8.71. The summed E-state index contributed by atoms with van der Waals surface area (Å²) in [4.78, 5) is 24.1. The van der Waals surface area contributed by atoms with Crippen molar-refractivity contribution in [3.05, 3.63) is 41.5 Å². The maximum absolute atomic E-state index is 12.2. The number of carbonyl (C=O) groups is 2. The van der Waals surface area contributed by atoms with Gasteiger partial charge in [0.1, 0.15) is 0 Å². The Bertz CT molecular complexity index is 609. The molecule has 0 aliphatic heterocycles. The molecule has 0 saturated heterocycles. The van der Waals surface area contributed by atoms with Crippen LogP contribution in [-0.2, 0) is 14.3 Å². The van der Waals surface area contributed by atoms with E-state index in [1.165, 1.54) is 12.5 Å². The van der Waals surface area contributed by atoms with Gasteiger partial charge in [0.05, 0.1) is 0 Å². The minimum atomic E-state index is -0.784. The standard InChI is InChI=1S/C20H27NO3/c1-14-7-6-9-17(13-14)11-12-19(22)24-16(3)20(23)21-18-10-5-4-8-15(18)2/h6-7,9,11-13,15-16,18H,4-5,8,10H2,1-3H3,(H,21,23)/b12-11+/t15-,16+,18-/m0/s1. The molecule has 1 aromatic carbocycles. The van der Waals surface area contributed by atoms with E-state index in [2.05, 4.69) is 12.2 Å². The second-order valence-corrected chi connectivity index (χ2v) is 6.70. The van der Waals surface area contributed by atoms with Gasteiger partial charge in [0.25, 0.3) is 5.91 Å². The van der Waals surface area contributed by atoms with Crippen molar-refractivity contribution >= 4 is 18.0 Å². The van der Waals surface area contributed by atoms with E-state index in [-0.39, 0.29) is 11.9 Å². The molecule has 1 aliphatic rings. The van der Waals surface area contributed by atoms with Crippen molar-refractivity contribution in [1.82, 2.24) is 5.32 Å². The van der Waals surface area contributed by atoms with E-state index >= 15 is 0 Å². The summed E-state index contributed by atoms with van der Waals surface area (Å²) in [6.07, 6.45) is 6.78. The first-order valence-corrected chi connectivity index (χ1v) is 8.71. The van der Waals surface area contributed by atoms with Crippen LogP contribution < -0.4 is 5.32 Å². The lowest BCUT2D eigenvalue weighted by Crippen LogP contribution is -2.45. The molecule has 1 amide bonds. The highest BCUT2D eigenvalue weighted by Gasteiger charge is 2.25. The van der Waals surface area contributed by atoms with Gasteiger partial charge in [-0.1, -0.05) is 49.6 Å². The van der Waals surface area contributed by atoms with Crippen LogP contribution in [0.15, 0.2) is 30.3 Å². The van der Waals surface area contributed by atoms with Crippen molar-refractivity contribution in [2.45, 2.75) is 58.6 Å². The average Bonchev–Trinajstić information content (AvgIpc) is 2.55. The average molecular weight is 329 g/mol. The van der Waals surface area contributed by atoms with Gasteiger partial charge in [0, 0.05) is 12.1 Å². The molecule has 2 rings (SSSR count). The first kappa shape index (κ1) is 18.2. The molecule has 1 saturated carbocycles. The second-order valence-electron chi connectivity index (χ2n) is 6.70. The van der Waals surface area contributed by atoms with Crippen LogP contribution in [0.5, 0.6) is 0 Å². The smallest absolute Gasteiger partial charge is 0.331 e. The molecule has 130 valence electrons. The number of carbonyl (C=O) groups excluding carboxylic acids is 2. The third-order valence-corrected chi connectivity index (χ3v) is 4.56. The summed E-state index contributed by atoms with van der Waals surface area (Å²) >= 11 is 0. The van der Waals surface area contributed by atoms with E-state index < -0.39 is 12.1 Å². The summed E-state index contributed by atoms with van der Waals surface area (Å²) in [6.45, 7) is 5.76. The molecule has 1 aliphatic carbocycles. The summed E-state index contributed by atoms with van der Waals surface area (Å²) < 4.78 is 5.20. The number of ether oxygens (including phenoxy) is 1. The Morgan fingerprint density at radius 1 is 1.29 bits per heavy atom. The van der Waals surface area contributed by atoms with Gasteiger partial charge < -0.3 is 10.1 Å². The van der Waals surface area contributed by atoms with E-state index in [4.69, 9.17) is 4.74 Å². The molecule has 24 heavy (non-hydrogen) atoms. The van der Waals surface area contributed by atoms with Gasteiger partial charge in [-0.05, 0) is 44.2 Å². The fourth-order valence-electron chi connectivity index (χ4n) is 3.04. The molecule has 1 fully saturated rings. The highest BCUT2D eigenvalue weighted by molar-refractivity contribution is 5.90. The normalized spacial score (nSPS) is 22.1. The lowest BCUT2D eigenvalue weighted by molar-refractivity contribution is -0.150. The Morgan fingerprint density at radius 2 is 2.04 bits per heavy atom. The Hall–Kier alpha value is -2.10. The summed E-state index contributed by atoms with van der Waals surface area (Å²) in [5.41, 5.74) is 2.06. The van der Waals surface area contributed by atoms with E-state index in [0.29, 0.717) is 5.92 Å². The van der Waals surface area contributed by atoms with Crippen molar-refractivity contribution < 1.29 is 14.3 Å². The first-order chi connectivity index (χ1) is 11.5. The van der Waals surface area contributed by atoms with Gasteiger partial charge in [-0.3, -0.25) is 4.79 Å². The maximum atomic E-state index is 12.2. The molecule has 1 aromatic rings.